The number of hydrogen-bond donors (Lipinski definition) is 2. The van der Waals surface area contributed by atoms with Crippen molar-refractivity contribution in [2.45, 2.75) is 11.8 Å². The normalized spacial score (nSPS) is 11.2. The quantitative estimate of drug-likeness (QED) is 0.538. The predicted molar refractivity (Wildman–Crippen MR) is 107 cm³/mol. The van der Waals surface area contributed by atoms with Gasteiger partial charge >= 0.3 is 0 Å². The number of sulfonamides is 1. The lowest BCUT2D eigenvalue weighted by Crippen LogP contribution is -2.34. The first-order valence-electron chi connectivity index (χ1n) is 8.77. The van der Waals surface area contributed by atoms with Gasteiger partial charge in [-0.2, -0.15) is 0 Å². The molecule has 0 saturated carbocycles. The van der Waals surface area contributed by atoms with Crippen LogP contribution < -0.4 is 14.8 Å². The van der Waals surface area contributed by atoms with Crippen molar-refractivity contribution in [2.24, 2.45) is 0 Å². The average Bonchev–Trinajstić information content (AvgIpc) is 2.69. The van der Waals surface area contributed by atoms with Crippen molar-refractivity contribution in [2.75, 3.05) is 32.9 Å². The van der Waals surface area contributed by atoms with Gasteiger partial charge in [-0.1, -0.05) is 29.8 Å². The number of amides is 1. The number of rotatable bonds is 11. The van der Waals surface area contributed by atoms with E-state index in [2.05, 4.69) is 10.0 Å². The molecule has 0 aliphatic heterocycles. The zero-order valence-corrected chi connectivity index (χ0v) is 17.1. The summed E-state index contributed by atoms with van der Waals surface area (Å²) in [5.74, 6) is 0.0909. The standard InChI is InChI=1S/C19H23ClN2O5S/c1-2-26-12-13-27-18-9-4-3-8-17(18)19(23)21-10-11-22-28(24,25)16-7-5-6-15(20)14-16/h3-9,14,22H,2,10-13H2,1H3,(H,21,23). The van der Waals surface area contributed by atoms with Crippen LogP contribution in [0.1, 0.15) is 17.3 Å². The Balaban J connectivity index is 1.86. The number of carbonyl (C=O) groups excluding carboxylic acids is 1. The topological polar surface area (TPSA) is 93.7 Å². The van der Waals surface area contributed by atoms with Crippen LogP contribution in [0, 0.1) is 0 Å². The van der Waals surface area contributed by atoms with E-state index in [1.165, 1.54) is 12.1 Å². The molecule has 28 heavy (non-hydrogen) atoms. The molecule has 0 spiro atoms. The van der Waals surface area contributed by atoms with Crippen molar-refractivity contribution < 1.29 is 22.7 Å². The third-order valence-corrected chi connectivity index (χ3v) is 5.32. The summed E-state index contributed by atoms with van der Waals surface area (Å²) in [5, 5.41) is 3.00. The number of hydrogen-bond acceptors (Lipinski definition) is 5. The second-order valence-corrected chi connectivity index (χ2v) is 7.86. The number of ether oxygens (including phenoxy) is 2. The molecule has 2 aromatic carbocycles. The fourth-order valence-corrected chi connectivity index (χ4v) is 3.64. The minimum atomic E-state index is -3.70. The van der Waals surface area contributed by atoms with Crippen molar-refractivity contribution in [1.82, 2.24) is 10.0 Å². The fraction of sp³-hybridized carbons (Fsp3) is 0.316. The van der Waals surface area contributed by atoms with Crippen molar-refractivity contribution in [3.63, 3.8) is 0 Å². The van der Waals surface area contributed by atoms with Crippen molar-refractivity contribution in [3.8, 4) is 5.75 Å². The van der Waals surface area contributed by atoms with E-state index in [1.807, 2.05) is 6.92 Å². The van der Waals surface area contributed by atoms with E-state index in [9.17, 15) is 13.2 Å². The Labute approximate surface area is 170 Å². The lowest BCUT2D eigenvalue weighted by Gasteiger charge is -2.12. The lowest BCUT2D eigenvalue weighted by atomic mass is 10.2. The molecule has 2 N–H and O–H groups in total. The van der Waals surface area contributed by atoms with Gasteiger partial charge in [-0.25, -0.2) is 13.1 Å². The Hall–Kier alpha value is -2.13. The molecule has 0 aliphatic rings. The molecule has 9 heteroatoms. The van der Waals surface area contributed by atoms with Gasteiger partial charge in [0, 0.05) is 24.7 Å². The summed E-state index contributed by atoms with van der Waals surface area (Å²) in [6.45, 7) is 3.40. The van der Waals surface area contributed by atoms with Crippen LogP contribution in [-0.4, -0.2) is 47.2 Å². The number of halogens is 1. The third kappa shape index (κ3) is 6.79. The van der Waals surface area contributed by atoms with Crippen molar-refractivity contribution in [3.05, 3.63) is 59.1 Å². The highest BCUT2D eigenvalue weighted by Gasteiger charge is 2.15. The Bertz CT molecular complexity index is 889. The molecular weight excluding hydrogens is 404 g/mol. The molecule has 0 heterocycles. The van der Waals surface area contributed by atoms with Gasteiger partial charge in [0.1, 0.15) is 12.4 Å². The van der Waals surface area contributed by atoms with Crippen molar-refractivity contribution >= 4 is 27.5 Å². The molecule has 0 radical (unpaired) electrons. The SMILES string of the molecule is CCOCCOc1ccccc1C(=O)NCCNS(=O)(=O)c1cccc(Cl)c1. The zero-order valence-electron chi connectivity index (χ0n) is 15.5. The monoisotopic (exact) mass is 426 g/mol. The smallest absolute Gasteiger partial charge is 0.255 e. The van der Waals surface area contributed by atoms with Gasteiger partial charge < -0.3 is 14.8 Å². The molecule has 0 aliphatic carbocycles. The van der Waals surface area contributed by atoms with E-state index >= 15 is 0 Å². The van der Waals surface area contributed by atoms with Crippen molar-refractivity contribution in [1.29, 1.82) is 0 Å². The molecule has 0 atom stereocenters. The van der Waals surface area contributed by atoms with Gasteiger partial charge in [0.15, 0.2) is 0 Å². The second kappa shape index (κ2) is 11.0. The number of carbonyl (C=O) groups is 1. The van der Waals surface area contributed by atoms with Gasteiger partial charge in [0.25, 0.3) is 5.91 Å². The maximum absolute atomic E-state index is 12.4. The van der Waals surface area contributed by atoms with E-state index in [1.54, 1.807) is 36.4 Å². The van der Waals surface area contributed by atoms with Crippen LogP contribution in [0.4, 0.5) is 0 Å². The van der Waals surface area contributed by atoms with Gasteiger partial charge in [0.05, 0.1) is 17.1 Å². The number of nitrogens with one attached hydrogen (secondary N) is 2. The summed E-state index contributed by atoms with van der Waals surface area (Å²) in [4.78, 5) is 12.4. The van der Waals surface area contributed by atoms with E-state index in [-0.39, 0.29) is 23.9 Å². The summed E-state index contributed by atoms with van der Waals surface area (Å²) in [5.41, 5.74) is 0.372. The van der Waals surface area contributed by atoms with Crippen LogP contribution in [0.15, 0.2) is 53.4 Å². The predicted octanol–water partition coefficient (Wildman–Crippen LogP) is 2.46. The molecule has 0 unspecified atom stereocenters. The minimum Gasteiger partial charge on any atom is -0.490 e. The fourth-order valence-electron chi connectivity index (χ4n) is 2.31. The molecule has 2 rings (SSSR count). The van der Waals surface area contributed by atoms with Crippen LogP contribution in [0.5, 0.6) is 5.75 Å². The van der Waals surface area contributed by atoms with E-state index in [4.69, 9.17) is 21.1 Å². The largest absolute Gasteiger partial charge is 0.490 e. The molecule has 2 aromatic rings. The summed E-state index contributed by atoms with van der Waals surface area (Å²) < 4.78 is 37.6. The summed E-state index contributed by atoms with van der Waals surface area (Å²) >= 11 is 5.82. The number of para-hydroxylation sites is 1. The van der Waals surface area contributed by atoms with E-state index < -0.39 is 10.0 Å². The highest BCUT2D eigenvalue weighted by molar-refractivity contribution is 7.89. The Morgan fingerprint density at radius 3 is 2.61 bits per heavy atom. The van der Waals surface area contributed by atoms with Crippen LogP contribution in [0.2, 0.25) is 5.02 Å². The average molecular weight is 427 g/mol. The van der Waals surface area contributed by atoms with Gasteiger partial charge in [-0.15, -0.1) is 0 Å². The maximum Gasteiger partial charge on any atom is 0.255 e. The highest BCUT2D eigenvalue weighted by Crippen LogP contribution is 2.18. The second-order valence-electron chi connectivity index (χ2n) is 5.65. The van der Waals surface area contributed by atoms with E-state index in [0.717, 1.165) is 0 Å². The van der Waals surface area contributed by atoms with Crippen LogP contribution >= 0.6 is 11.6 Å². The summed E-state index contributed by atoms with van der Waals surface area (Å²) in [7, 11) is -3.70. The van der Waals surface area contributed by atoms with Crippen LogP contribution in [0.25, 0.3) is 0 Å². The summed E-state index contributed by atoms with van der Waals surface area (Å²) in [6.07, 6.45) is 0. The first-order chi connectivity index (χ1) is 13.4. The van der Waals surface area contributed by atoms with Gasteiger partial charge in [-0.05, 0) is 37.3 Å². The molecule has 0 fully saturated rings. The minimum absolute atomic E-state index is 0.0357. The molecule has 152 valence electrons. The third-order valence-electron chi connectivity index (χ3n) is 3.63. The van der Waals surface area contributed by atoms with Gasteiger partial charge in [-0.3, -0.25) is 4.79 Å². The van der Waals surface area contributed by atoms with E-state index in [0.29, 0.717) is 36.2 Å². The first-order valence-corrected chi connectivity index (χ1v) is 10.6. The maximum atomic E-state index is 12.4. The van der Waals surface area contributed by atoms with Gasteiger partial charge in [0.2, 0.25) is 10.0 Å². The highest BCUT2D eigenvalue weighted by atomic mass is 35.5. The molecule has 0 aromatic heterocycles. The molecule has 1 amide bonds. The molecule has 0 bridgehead atoms. The van der Waals surface area contributed by atoms with Crippen LogP contribution in [-0.2, 0) is 14.8 Å². The van der Waals surface area contributed by atoms with Crippen LogP contribution in [0.3, 0.4) is 0 Å². The zero-order chi connectivity index (χ0) is 20.4. The first kappa shape index (κ1) is 22.2. The Morgan fingerprint density at radius 1 is 1.07 bits per heavy atom. The lowest BCUT2D eigenvalue weighted by molar-refractivity contribution is 0.0937. The summed E-state index contributed by atoms with van der Waals surface area (Å²) in [6, 6.07) is 12.8. The Kier molecular flexibility index (Phi) is 8.72. The molecular formula is C19H23ClN2O5S. The molecule has 0 saturated heterocycles. The molecule has 7 nitrogen and oxygen atoms in total. The number of benzene rings is 2. The Morgan fingerprint density at radius 2 is 1.86 bits per heavy atom.